The molecule has 146 valence electrons. The monoisotopic (exact) mass is 462 g/mol. The van der Waals surface area contributed by atoms with Gasteiger partial charge >= 0.3 is 6.18 Å². The Labute approximate surface area is 167 Å². The van der Waals surface area contributed by atoms with Crippen molar-refractivity contribution in [1.29, 1.82) is 0 Å². The fourth-order valence-corrected chi connectivity index (χ4v) is 3.99. The SMILES string of the molecule is CN1CCN(Cc2ccc(C(=O)Nc3nc(Br)cs3)cc2C(F)(F)F)CC1. The van der Waals surface area contributed by atoms with Crippen molar-refractivity contribution >= 4 is 38.3 Å². The molecule has 27 heavy (non-hydrogen) atoms. The second-order valence-corrected chi connectivity index (χ2v) is 8.05. The highest BCUT2D eigenvalue weighted by atomic mass is 79.9. The quantitative estimate of drug-likeness (QED) is 0.747. The maximum Gasteiger partial charge on any atom is 0.416 e. The van der Waals surface area contributed by atoms with Gasteiger partial charge in [0.05, 0.1) is 5.56 Å². The molecule has 1 amide bonds. The molecule has 2 aromatic rings. The summed E-state index contributed by atoms with van der Waals surface area (Å²) >= 11 is 4.35. The minimum Gasteiger partial charge on any atom is -0.304 e. The molecule has 3 rings (SSSR count). The molecule has 1 aromatic heterocycles. The Hall–Kier alpha value is -1.49. The maximum atomic E-state index is 13.6. The van der Waals surface area contributed by atoms with Crippen molar-refractivity contribution in [1.82, 2.24) is 14.8 Å². The largest absolute Gasteiger partial charge is 0.416 e. The van der Waals surface area contributed by atoms with E-state index in [1.165, 1.54) is 23.5 Å². The number of hydrogen-bond acceptors (Lipinski definition) is 5. The van der Waals surface area contributed by atoms with Crippen LogP contribution in [-0.4, -0.2) is 53.9 Å². The van der Waals surface area contributed by atoms with Gasteiger partial charge in [-0.25, -0.2) is 4.98 Å². The van der Waals surface area contributed by atoms with E-state index in [-0.39, 0.29) is 17.7 Å². The van der Waals surface area contributed by atoms with Gasteiger partial charge in [0, 0.05) is 43.7 Å². The lowest BCUT2D eigenvalue weighted by Crippen LogP contribution is -2.44. The highest BCUT2D eigenvalue weighted by Crippen LogP contribution is 2.34. The molecule has 0 aliphatic carbocycles. The molecule has 0 radical (unpaired) electrons. The number of carbonyl (C=O) groups is 1. The van der Waals surface area contributed by atoms with Gasteiger partial charge in [0.2, 0.25) is 0 Å². The van der Waals surface area contributed by atoms with Crippen LogP contribution in [0, 0.1) is 0 Å². The first-order valence-corrected chi connectivity index (χ1v) is 9.93. The number of rotatable bonds is 4. The number of likely N-dealkylation sites (N-methyl/N-ethyl adjacent to an activating group) is 1. The van der Waals surface area contributed by atoms with E-state index < -0.39 is 17.6 Å². The summed E-state index contributed by atoms with van der Waals surface area (Å²) < 4.78 is 41.2. The van der Waals surface area contributed by atoms with Crippen LogP contribution in [0.15, 0.2) is 28.2 Å². The molecule has 0 saturated carbocycles. The van der Waals surface area contributed by atoms with Gasteiger partial charge in [-0.05, 0) is 40.7 Å². The van der Waals surface area contributed by atoms with Gasteiger partial charge in [-0.1, -0.05) is 6.07 Å². The summed E-state index contributed by atoms with van der Waals surface area (Å²) in [6, 6.07) is 3.75. The summed E-state index contributed by atoms with van der Waals surface area (Å²) in [6.45, 7) is 3.30. The summed E-state index contributed by atoms with van der Waals surface area (Å²) in [4.78, 5) is 20.5. The van der Waals surface area contributed by atoms with E-state index in [1.54, 1.807) is 5.38 Å². The summed E-state index contributed by atoms with van der Waals surface area (Å²) in [5.41, 5.74) is -0.634. The van der Waals surface area contributed by atoms with Gasteiger partial charge in [-0.2, -0.15) is 13.2 Å². The molecular formula is C17H18BrF3N4OS. The van der Waals surface area contributed by atoms with Gasteiger partial charge in [0.25, 0.3) is 5.91 Å². The first kappa shape index (κ1) is 20.2. The summed E-state index contributed by atoms with van der Waals surface area (Å²) in [6.07, 6.45) is -4.53. The first-order chi connectivity index (χ1) is 12.7. The number of anilines is 1. The Bertz CT molecular complexity index is 819. The number of thiazole rings is 1. The Morgan fingerprint density at radius 2 is 2.00 bits per heavy atom. The number of nitrogens with zero attached hydrogens (tertiary/aromatic N) is 3. The fraction of sp³-hybridized carbons (Fsp3) is 0.412. The number of carbonyl (C=O) groups excluding carboxylic acids is 1. The van der Waals surface area contributed by atoms with Crippen LogP contribution in [0.1, 0.15) is 21.5 Å². The standard InChI is InChI=1S/C17H18BrF3N4OS/c1-24-4-6-25(7-5-24)9-12-3-2-11(8-13(12)17(19,20)21)15(26)23-16-22-14(18)10-27-16/h2-3,8,10H,4-7,9H2,1H3,(H,22,23,26). The second-order valence-electron chi connectivity index (χ2n) is 6.38. The van der Waals surface area contributed by atoms with Crippen LogP contribution >= 0.6 is 27.3 Å². The number of hydrogen-bond donors (Lipinski definition) is 1. The predicted molar refractivity (Wildman–Crippen MR) is 102 cm³/mol. The Balaban J connectivity index is 1.80. The third kappa shape index (κ3) is 5.28. The fourth-order valence-electron chi connectivity index (χ4n) is 2.85. The number of nitrogens with one attached hydrogen (secondary N) is 1. The van der Waals surface area contributed by atoms with Gasteiger partial charge in [0.1, 0.15) is 4.60 Å². The van der Waals surface area contributed by atoms with Crippen molar-refractivity contribution in [3.63, 3.8) is 0 Å². The van der Waals surface area contributed by atoms with Crippen LogP contribution in [0.4, 0.5) is 18.3 Å². The molecule has 1 aliphatic heterocycles. The molecule has 10 heteroatoms. The van der Waals surface area contributed by atoms with Crippen molar-refractivity contribution < 1.29 is 18.0 Å². The third-order valence-corrected chi connectivity index (χ3v) is 5.83. The van der Waals surface area contributed by atoms with Crippen LogP contribution in [0.3, 0.4) is 0 Å². The smallest absolute Gasteiger partial charge is 0.304 e. The maximum absolute atomic E-state index is 13.6. The van der Waals surface area contributed by atoms with Crippen molar-refractivity contribution in [2.45, 2.75) is 12.7 Å². The van der Waals surface area contributed by atoms with Crippen LogP contribution in [-0.2, 0) is 12.7 Å². The van der Waals surface area contributed by atoms with E-state index in [0.29, 0.717) is 9.73 Å². The summed E-state index contributed by atoms with van der Waals surface area (Å²) in [5, 5.41) is 4.52. The zero-order valence-electron chi connectivity index (χ0n) is 14.5. The highest BCUT2D eigenvalue weighted by Gasteiger charge is 2.34. The number of piperazine rings is 1. The topological polar surface area (TPSA) is 48.5 Å². The second kappa shape index (κ2) is 8.26. The Morgan fingerprint density at radius 1 is 1.30 bits per heavy atom. The van der Waals surface area contributed by atoms with Crippen LogP contribution < -0.4 is 5.32 Å². The van der Waals surface area contributed by atoms with E-state index in [9.17, 15) is 18.0 Å². The summed E-state index contributed by atoms with van der Waals surface area (Å²) in [5.74, 6) is -0.617. The zero-order valence-corrected chi connectivity index (χ0v) is 16.9. The first-order valence-electron chi connectivity index (χ1n) is 8.26. The van der Waals surface area contributed by atoms with Crippen LogP contribution in [0.5, 0.6) is 0 Å². The van der Waals surface area contributed by atoms with E-state index in [1.807, 2.05) is 11.9 Å². The molecule has 2 heterocycles. The van der Waals surface area contributed by atoms with Crippen molar-refractivity contribution in [2.75, 3.05) is 38.5 Å². The molecule has 0 unspecified atom stereocenters. The normalized spacial score (nSPS) is 16.5. The molecule has 1 saturated heterocycles. The number of amides is 1. The molecule has 1 N–H and O–H groups in total. The van der Waals surface area contributed by atoms with Crippen molar-refractivity contribution in [3.05, 3.63) is 44.9 Å². The van der Waals surface area contributed by atoms with Crippen LogP contribution in [0.25, 0.3) is 0 Å². The minimum absolute atomic E-state index is 0.0456. The van der Waals surface area contributed by atoms with Gasteiger partial charge in [-0.3, -0.25) is 15.0 Å². The predicted octanol–water partition coefficient (Wildman–Crippen LogP) is 3.92. The number of benzene rings is 1. The molecule has 1 fully saturated rings. The molecule has 1 aromatic carbocycles. The molecule has 0 atom stereocenters. The molecule has 0 spiro atoms. The molecule has 1 aliphatic rings. The molecule has 5 nitrogen and oxygen atoms in total. The molecule has 0 bridgehead atoms. The van der Waals surface area contributed by atoms with Crippen LogP contribution in [0.2, 0.25) is 0 Å². The van der Waals surface area contributed by atoms with Gasteiger partial charge in [-0.15, -0.1) is 11.3 Å². The van der Waals surface area contributed by atoms with Gasteiger partial charge < -0.3 is 4.90 Å². The van der Waals surface area contributed by atoms with Gasteiger partial charge in [0.15, 0.2) is 5.13 Å². The number of alkyl halides is 3. The lowest BCUT2D eigenvalue weighted by atomic mass is 10.0. The van der Waals surface area contributed by atoms with E-state index in [4.69, 9.17) is 0 Å². The van der Waals surface area contributed by atoms with E-state index >= 15 is 0 Å². The Morgan fingerprint density at radius 3 is 2.59 bits per heavy atom. The lowest BCUT2D eigenvalue weighted by Gasteiger charge is -2.33. The number of aromatic nitrogens is 1. The third-order valence-electron chi connectivity index (χ3n) is 4.36. The van der Waals surface area contributed by atoms with E-state index in [0.717, 1.165) is 32.2 Å². The highest BCUT2D eigenvalue weighted by molar-refractivity contribution is 9.10. The lowest BCUT2D eigenvalue weighted by molar-refractivity contribution is -0.138. The average Bonchev–Trinajstić information content (AvgIpc) is 3.01. The van der Waals surface area contributed by atoms with Crippen molar-refractivity contribution in [2.24, 2.45) is 0 Å². The van der Waals surface area contributed by atoms with E-state index in [2.05, 4.69) is 31.1 Å². The summed E-state index contributed by atoms with van der Waals surface area (Å²) in [7, 11) is 1.99. The zero-order chi connectivity index (χ0) is 19.6. The Kier molecular flexibility index (Phi) is 6.19. The molecular weight excluding hydrogens is 445 g/mol. The van der Waals surface area contributed by atoms with Crippen molar-refractivity contribution in [3.8, 4) is 0 Å². The average molecular weight is 463 g/mol. The minimum atomic E-state index is -4.53. The number of halogens is 4.